The summed E-state index contributed by atoms with van der Waals surface area (Å²) in [5, 5.41) is 0. The van der Waals surface area contributed by atoms with Crippen molar-refractivity contribution in [3.05, 3.63) is 0 Å². The number of guanidine groups is 1. The summed E-state index contributed by atoms with van der Waals surface area (Å²) in [6.45, 7) is 5.56. The predicted molar refractivity (Wildman–Crippen MR) is 76.2 cm³/mol. The maximum atomic E-state index is 5.71. The Morgan fingerprint density at radius 3 is 2.39 bits per heavy atom. The van der Waals surface area contributed by atoms with Gasteiger partial charge in [0.2, 0.25) is 5.96 Å². The van der Waals surface area contributed by atoms with Gasteiger partial charge in [-0.05, 0) is 31.6 Å². The minimum absolute atomic E-state index is 0.484. The number of rotatable bonds is 4. The molecule has 0 aromatic rings. The van der Waals surface area contributed by atoms with Gasteiger partial charge in [-0.3, -0.25) is 5.43 Å². The molecule has 2 rings (SSSR count). The third kappa shape index (κ3) is 3.87. The molecular formula is C14H28N4. The van der Waals surface area contributed by atoms with Gasteiger partial charge in [-0.15, -0.1) is 0 Å². The highest BCUT2D eigenvalue weighted by Gasteiger charge is 2.32. The lowest BCUT2D eigenvalue weighted by Gasteiger charge is -2.29. The third-order valence-corrected chi connectivity index (χ3v) is 3.83. The van der Waals surface area contributed by atoms with Crippen molar-refractivity contribution in [2.45, 2.75) is 70.9 Å². The van der Waals surface area contributed by atoms with E-state index in [-0.39, 0.29) is 0 Å². The van der Waals surface area contributed by atoms with Crippen LogP contribution in [0.3, 0.4) is 0 Å². The Labute approximate surface area is 111 Å². The summed E-state index contributed by atoms with van der Waals surface area (Å²) in [5.41, 5.74) is 2.85. The molecule has 4 nitrogen and oxygen atoms in total. The van der Waals surface area contributed by atoms with Gasteiger partial charge in [0.15, 0.2) is 0 Å². The summed E-state index contributed by atoms with van der Waals surface area (Å²) in [7, 11) is 0. The number of hydrogen-bond donors (Lipinski definition) is 2. The largest absolute Gasteiger partial charge is 0.339 e. The average Bonchev–Trinajstić information content (AvgIpc) is 3.18. The van der Waals surface area contributed by atoms with Gasteiger partial charge in [0.1, 0.15) is 0 Å². The standard InChI is InChI=1S/C14H28N4/c1-11(2)10-18(13-8-9-13)14(17-15)16-12-6-4-3-5-7-12/h11-13H,3-10,15H2,1-2H3,(H,16,17). The number of hydrazine groups is 1. The van der Waals surface area contributed by atoms with Crippen LogP contribution < -0.4 is 11.3 Å². The first-order chi connectivity index (χ1) is 8.70. The van der Waals surface area contributed by atoms with Crippen molar-refractivity contribution in [2.24, 2.45) is 16.8 Å². The van der Waals surface area contributed by atoms with Gasteiger partial charge in [0.25, 0.3) is 0 Å². The summed E-state index contributed by atoms with van der Waals surface area (Å²) in [4.78, 5) is 7.26. The SMILES string of the molecule is CC(C)CN(C(=NC1CCCCC1)NN)C1CC1. The van der Waals surface area contributed by atoms with E-state index in [9.17, 15) is 0 Å². The van der Waals surface area contributed by atoms with Crippen molar-refractivity contribution in [3.8, 4) is 0 Å². The van der Waals surface area contributed by atoms with Gasteiger partial charge >= 0.3 is 0 Å². The van der Waals surface area contributed by atoms with Crippen LogP contribution in [0.2, 0.25) is 0 Å². The van der Waals surface area contributed by atoms with E-state index in [1.54, 1.807) is 0 Å². The molecule has 0 atom stereocenters. The fraction of sp³-hybridized carbons (Fsp3) is 0.929. The molecule has 0 aromatic heterocycles. The summed E-state index contributed by atoms with van der Waals surface area (Å²) in [6.07, 6.45) is 9.04. The first kappa shape index (κ1) is 13.7. The molecule has 104 valence electrons. The van der Waals surface area contributed by atoms with Gasteiger partial charge in [0.05, 0.1) is 6.04 Å². The van der Waals surface area contributed by atoms with Crippen LogP contribution in [-0.2, 0) is 0 Å². The molecule has 18 heavy (non-hydrogen) atoms. The van der Waals surface area contributed by atoms with Crippen LogP contribution in [-0.4, -0.2) is 29.5 Å². The first-order valence-electron chi connectivity index (χ1n) is 7.51. The monoisotopic (exact) mass is 252 g/mol. The van der Waals surface area contributed by atoms with Crippen molar-refractivity contribution in [2.75, 3.05) is 6.54 Å². The number of nitrogens with one attached hydrogen (secondary N) is 1. The molecule has 0 heterocycles. The Balaban J connectivity index is 2.01. The van der Waals surface area contributed by atoms with Crippen LogP contribution in [0, 0.1) is 5.92 Å². The summed E-state index contributed by atoms with van der Waals surface area (Å²) in [5.74, 6) is 7.29. The minimum atomic E-state index is 0.484. The van der Waals surface area contributed by atoms with Gasteiger partial charge in [-0.2, -0.15) is 0 Å². The molecular weight excluding hydrogens is 224 g/mol. The summed E-state index contributed by atoms with van der Waals surface area (Å²) >= 11 is 0. The highest BCUT2D eigenvalue weighted by atomic mass is 15.4. The van der Waals surface area contributed by atoms with Crippen LogP contribution in [0.25, 0.3) is 0 Å². The molecule has 0 bridgehead atoms. The molecule has 4 heteroatoms. The van der Waals surface area contributed by atoms with Gasteiger partial charge < -0.3 is 4.90 Å². The summed E-state index contributed by atoms with van der Waals surface area (Å²) in [6, 6.07) is 1.16. The van der Waals surface area contributed by atoms with Crippen molar-refractivity contribution >= 4 is 5.96 Å². The maximum absolute atomic E-state index is 5.71. The molecule has 0 aromatic carbocycles. The van der Waals surface area contributed by atoms with Crippen LogP contribution >= 0.6 is 0 Å². The second-order valence-corrected chi connectivity index (χ2v) is 6.17. The van der Waals surface area contributed by atoms with E-state index in [2.05, 4.69) is 24.2 Å². The van der Waals surface area contributed by atoms with E-state index < -0.39 is 0 Å². The number of hydrogen-bond acceptors (Lipinski definition) is 2. The highest BCUT2D eigenvalue weighted by Crippen LogP contribution is 2.28. The molecule has 0 amide bonds. The molecule has 0 aliphatic heterocycles. The Bertz CT molecular complexity index is 278. The lowest BCUT2D eigenvalue weighted by atomic mass is 9.96. The fourth-order valence-corrected chi connectivity index (χ4v) is 2.77. The number of nitrogens with two attached hydrogens (primary N) is 1. The second kappa shape index (κ2) is 6.41. The highest BCUT2D eigenvalue weighted by molar-refractivity contribution is 5.80. The van der Waals surface area contributed by atoms with Crippen molar-refractivity contribution in [3.63, 3.8) is 0 Å². The topological polar surface area (TPSA) is 53.6 Å². The van der Waals surface area contributed by atoms with Crippen LogP contribution in [0.15, 0.2) is 4.99 Å². The lowest BCUT2D eigenvalue weighted by Crippen LogP contribution is -2.48. The smallest absolute Gasteiger partial charge is 0.208 e. The zero-order chi connectivity index (χ0) is 13.0. The Kier molecular flexibility index (Phi) is 4.87. The van der Waals surface area contributed by atoms with Gasteiger partial charge in [-0.25, -0.2) is 10.8 Å². The third-order valence-electron chi connectivity index (χ3n) is 3.83. The van der Waals surface area contributed by atoms with E-state index in [4.69, 9.17) is 10.8 Å². The zero-order valence-electron chi connectivity index (χ0n) is 11.9. The second-order valence-electron chi connectivity index (χ2n) is 6.17. The minimum Gasteiger partial charge on any atom is -0.339 e. The van der Waals surface area contributed by atoms with Crippen LogP contribution in [0.5, 0.6) is 0 Å². The molecule has 0 unspecified atom stereocenters. The number of nitrogens with zero attached hydrogens (tertiary/aromatic N) is 2. The Morgan fingerprint density at radius 1 is 1.22 bits per heavy atom. The molecule has 0 spiro atoms. The Hall–Kier alpha value is -0.770. The molecule has 2 saturated carbocycles. The maximum Gasteiger partial charge on any atom is 0.208 e. The van der Waals surface area contributed by atoms with E-state index >= 15 is 0 Å². The number of aliphatic imine (C=N–C) groups is 1. The zero-order valence-corrected chi connectivity index (χ0v) is 11.9. The van der Waals surface area contributed by atoms with E-state index in [0.29, 0.717) is 18.0 Å². The first-order valence-corrected chi connectivity index (χ1v) is 7.51. The van der Waals surface area contributed by atoms with Gasteiger partial charge in [-0.1, -0.05) is 33.1 Å². The summed E-state index contributed by atoms with van der Waals surface area (Å²) < 4.78 is 0. The predicted octanol–water partition coefficient (Wildman–Crippen LogP) is 2.26. The van der Waals surface area contributed by atoms with E-state index in [1.807, 2.05) is 0 Å². The van der Waals surface area contributed by atoms with Crippen molar-refractivity contribution in [1.82, 2.24) is 10.3 Å². The molecule has 0 saturated heterocycles. The van der Waals surface area contributed by atoms with Gasteiger partial charge in [0, 0.05) is 12.6 Å². The molecule has 0 radical (unpaired) electrons. The molecule has 2 fully saturated rings. The van der Waals surface area contributed by atoms with E-state index in [0.717, 1.165) is 12.5 Å². The normalized spacial score (nSPS) is 22.3. The molecule has 2 aliphatic carbocycles. The van der Waals surface area contributed by atoms with Crippen LogP contribution in [0.4, 0.5) is 0 Å². The molecule has 2 aliphatic rings. The Morgan fingerprint density at radius 2 is 1.89 bits per heavy atom. The average molecular weight is 252 g/mol. The fourth-order valence-electron chi connectivity index (χ4n) is 2.77. The lowest BCUT2D eigenvalue weighted by molar-refractivity contribution is 0.339. The molecule has 3 N–H and O–H groups in total. The van der Waals surface area contributed by atoms with Crippen molar-refractivity contribution < 1.29 is 0 Å². The van der Waals surface area contributed by atoms with Crippen LogP contribution in [0.1, 0.15) is 58.8 Å². The quantitative estimate of drug-likeness (QED) is 0.349. The van der Waals surface area contributed by atoms with Crippen molar-refractivity contribution in [1.29, 1.82) is 0 Å². The van der Waals surface area contributed by atoms with E-state index in [1.165, 1.54) is 44.9 Å².